The second kappa shape index (κ2) is 10.1. The first-order valence-electron chi connectivity index (χ1n) is 9.32. The van der Waals surface area contributed by atoms with Gasteiger partial charge in [0, 0.05) is 19.2 Å². The van der Waals surface area contributed by atoms with Crippen molar-refractivity contribution < 1.29 is 14.3 Å². The smallest absolute Gasteiger partial charge is 0.409 e. The summed E-state index contributed by atoms with van der Waals surface area (Å²) in [5.74, 6) is 1.44. The maximum Gasteiger partial charge on any atom is 0.409 e. The molecule has 0 spiro atoms. The molecule has 0 saturated carbocycles. The summed E-state index contributed by atoms with van der Waals surface area (Å²) in [6.07, 6.45) is 11.5. The number of rotatable bonds is 8. The van der Waals surface area contributed by atoms with E-state index < -0.39 is 0 Å². The third-order valence-electron chi connectivity index (χ3n) is 4.42. The lowest BCUT2D eigenvalue weighted by molar-refractivity contribution is 0.105. The average molecular weight is 346 g/mol. The van der Waals surface area contributed by atoms with Crippen LogP contribution in [-0.2, 0) is 4.74 Å². The summed E-state index contributed by atoms with van der Waals surface area (Å²) in [7, 11) is 0. The van der Waals surface area contributed by atoms with E-state index in [1.807, 2.05) is 19.2 Å². The van der Waals surface area contributed by atoms with E-state index in [-0.39, 0.29) is 12.2 Å². The molecule has 5 nitrogen and oxygen atoms in total. The molecule has 0 unspecified atom stereocenters. The van der Waals surface area contributed by atoms with Crippen LogP contribution >= 0.6 is 0 Å². The normalized spacial score (nSPS) is 18.5. The van der Waals surface area contributed by atoms with Gasteiger partial charge in [-0.05, 0) is 30.4 Å². The molecular weight excluding hydrogens is 316 g/mol. The molecule has 2 atom stereocenters. The molecule has 0 radical (unpaired) electrons. The molecule has 1 aliphatic heterocycles. The number of hydrogen-bond acceptors (Lipinski definition) is 4. The van der Waals surface area contributed by atoms with E-state index in [1.165, 1.54) is 6.42 Å². The van der Waals surface area contributed by atoms with Crippen LogP contribution in [0.3, 0.4) is 0 Å². The highest BCUT2D eigenvalue weighted by Crippen LogP contribution is 2.20. The van der Waals surface area contributed by atoms with Gasteiger partial charge in [0.2, 0.25) is 0 Å². The highest BCUT2D eigenvalue weighted by atomic mass is 16.6. The quantitative estimate of drug-likeness (QED) is 0.694. The molecule has 1 aliphatic rings. The Morgan fingerprint density at radius 3 is 3.04 bits per heavy atom. The molecule has 1 saturated heterocycles. The van der Waals surface area contributed by atoms with E-state index in [4.69, 9.17) is 9.47 Å². The zero-order valence-corrected chi connectivity index (χ0v) is 15.6. The summed E-state index contributed by atoms with van der Waals surface area (Å²) in [5, 5.41) is 0. The largest absolute Gasteiger partial charge is 0.487 e. The zero-order valence-electron chi connectivity index (χ0n) is 15.6. The van der Waals surface area contributed by atoms with Gasteiger partial charge in [-0.25, -0.2) is 4.79 Å². The molecule has 0 aromatic carbocycles. The van der Waals surface area contributed by atoms with Gasteiger partial charge in [-0.15, -0.1) is 0 Å². The highest BCUT2D eigenvalue weighted by molar-refractivity contribution is 5.68. The van der Waals surface area contributed by atoms with Crippen molar-refractivity contribution in [3.63, 3.8) is 0 Å². The number of pyridine rings is 1. The highest BCUT2D eigenvalue weighted by Gasteiger charge is 2.28. The molecule has 0 N–H and O–H groups in total. The standard InChI is InChI=1S/C20H30N2O3/c1-4-11-24-20(23)22-10-9-18(15-22)25-19-12-17(13-21-14-19)8-6-7-16(3)5-2/h6,8,12-14,16,18H,4-5,7,9-11,15H2,1-3H3/b8-6+/t16-,18+/m1/s1. The summed E-state index contributed by atoms with van der Waals surface area (Å²) < 4.78 is 11.2. The van der Waals surface area contributed by atoms with E-state index >= 15 is 0 Å². The number of carbonyl (C=O) groups excluding carboxylic acids is 1. The van der Waals surface area contributed by atoms with Gasteiger partial charge in [-0.1, -0.05) is 39.3 Å². The van der Waals surface area contributed by atoms with Gasteiger partial charge in [0.1, 0.15) is 11.9 Å². The van der Waals surface area contributed by atoms with Crippen molar-refractivity contribution in [2.75, 3.05) is 19.7 Å². The third-order valence-corrected chi connectivity index (χ3v) is 4.42. The molecule has 1 aromatic rings. The SMILES string of the molecule is CCCOC(=O)N1CC[C@H](Oc2cncc(/C=C/C[C@H](C)CC)c2)C1. The summed E-state index contributed by atoms with van der Waals surface area (Å²) in [6, 6.07) is 2.00. The van der Waals surface area contributed by atoms with Gasteiger partial charge in [-0.3, -0.25) is 4.98 Å². The van der Waals surface area contributed by atoms with Gasteiger partial charge in [0.25, 0.3) is 0 Å². The number of ether oxygens (including phenoxy) is 2. The molecule has 0 aliphatic carbocycles. The minimum absolute atomic E-state index is 0.00433. The van der Waals surface area contributed by atoms with E-state index in [2.05, 4.69) is 31.0 Å². The Bertz CT molecular complexity index is 574. The number of likely N-dealkylation sites (tertiary alicyclic amines) is 1. The lowest BCUT2D eigenvalue weighted by atomic mass is 10.0. The van der Waals surface area contributed by atoms with Gasteiger partial charge >= 0.3 is 6.09 Å². The van der Waals surface area contributed by atoms with Crippen molar-refractivity contribution in [3.8, 4) is 5.75 Å². The van der Waals surface area contributed by atoms with E-state index in [0.717, 1.165) is 30.6 Å². The van der Waals surface area contributed by atoms with Gasteiger partial charge in [0.15, 0.2) is 0 Å². The molecular formula is C20H30N2O3. The maximum atomic E-state index is 11.9. The van der Waals surface area contributed by atoms with E-state index in [0.29, 0.717) is 25.6 Å². The fourth-order valence-electron chi connectivity index (χ4n) is 2.66. The van der Waals surface area contributed by atoms with Crippen LogP contribution in [0.1, 0.15) is 52.0 Å². The van der Waals surface area contributed by atoms with Crippen molar-refractivity contribution in [3.05, 3.63) is 30.1 Å². The number of allylic oxidation sites excluding steroid dienone is 1. The second-order valence-corrected chi connectivity index (χ2v) is 6.69. The first-order valence-corrected chi connectivity index (χ1v) is 9.32. The predicted octanol–water partition coefficient (Wildman–Crippen LogP) is 4.53. The molecule has 5 heteroatoms. The van der Waals surface area contributed by atoms with Crippen molar-refractivity contribution in [2.45, 2.75) is 52.6 Å². The maximum absolute atomic E-state index is 11.9. The zero-order chi connectivity index (χ0) is 18.1. The average Bonchev–Trinajstić information content (AvgIpc) is 3.08. The predicted molar refractivity (Wildman–Crippen MR) is 99.6 cm³/mol. The van der Waals surface area contributed by atoms with E-state index in [9.17, 15) is 4.79 Å². The topological polar surface area (TPSA) is 51.7 Å². The number of nitrogens with zero attached hydrogens (tertiary/aromatic N) is 2. The fourth-order valence-corrected chi connectivity index (χ4v) is 2.66. The van der Waals surface area contributed by atoms with Crippen LogP contribution in [0.5, 0.6) is 5.75 Å². The summed E-state index contributed by atoms with van der Waals surface area (Å²) >= 11 is 0. The lowest BCUT2D eigenvalue weighted by Gasteiger charge is -2.17. The molecule has 2 heterocycles. The molecule has 2 rings (SSSR count). The minimum atomic E-state index is -0.243. The molecule has 0 bridgehead atoms. The van der Waals surface area contributed by atoms with Crippen LogP contribution in [0.25, 0.3) is 6.08 Å². The van der Waals surface area contributed by atoms with Crippen molar-refractivity contribution >= 4 is 12.2 Å². The summed E-state index contributed by atoms with van der Waals surface area (Å²) in [6.45, 7) is 8.15. The van der Waals surface area contributed by atoms with Gasteiger partial charge < -0.3 is 14.4 Å². The Morgan fingerprint density at radius 2 is 2.28 bits per heavy atom. The van der Waals surface area contributed by atoms with Crippen LogP contribution < -0.4 is 4.74 Å². The molecule has 1 amide bonds. The fraction of sp³-hybridized carbons (Fsp3) is 0.600. The Kier molecular flexibility index (Phi) is 7.76. The van der Waals surface area contributed by atoms with Gasteiger partial charge in [-0.2, -0.15) is 0 Å². The minimum Gasteiger partial charge on any atom is -0.487 e. The first-order chi connectivity index (χ1) is 12.1. The third kappa shape index (κ3) is 6.40. The van der Waals surface area contributed by atoms with Crippen molar-refractivity contribution in [1.82, 2.24) is 9.88 Å². The monoisotopic (exact) mass is 346 g/mol. The number of carbonyl (C=O) groups is 1. The summed E-state index contributed by atoms with van der Waals surface area (Å²) in [5.41, 5.74) is 1.04. The number of aromatic nitrogens is 1. The van der Waals surface area contributed by atoms with Crippen LogP contribution in [0.2, 0.25) is 0 Å². The first kappa shape index (κ1) is 19.3. The molecule has 1 aromatic heterocycles. The second-order valence-electron chi connectivity index (χ2n) is 6.69. The Hall–Kier alpha value is -2.04. The van der Waals surface area contributed by atoms with Crippen LogP contribution in [0, 0.1) is 5.92 Å². The summed E-state index contributed by atoms with van der Waals surface area (Å²) in [4.78, 5) is 17.9. The van der Waals surface area contributed by atoms with E-state index in [1.54, 1.807) is 11.1 Å². The van der Waals surface area contributed by atoms with Crippen LogP contribution in [-0.4, -0.2) is 41.8 Å². The van der Waals surface area contributed by atoms with Crippen molar-refractivity contribution in [2.24, 2.45) is 5.92 Å². The molecule has 138 valence electrons. The molecule has 25 heavy (non-hydrogen) atoms. The Labute approximate surface area is 151 Å². The lowest BCUT2D eigenvalue weighted by Crippen LogP contribution is -2.31. The van der Waals surface area contributed by atoms with Crippen LogP contribution in [0.15, 0.2) is 24.5 Å². The Morgan fingerprint density at radius 1 is 1.44 bits per heavy atom. The van der Waals surface area contributed by atoms with Gasteiger partial charge in [0.05, 0.1) is 19.3 Å². The molecule has 1 fully saturated rings. The Balaban J connectivity index is 1.85. The van der Waals surface area contributed by atoms with Crippen molar-refractivity contribution in [1.29, 1.82) is 0 Å². The number of amides is 1. The number of hydrogen-bond donors (Lipinski definition) is 0. The van der Waals surface area contributed by atoms with Crippen LogP contribution in [0.4, 0.5) is 4.79 Å².